The maximum absolute atomic E-state index is 11.9. The van der Waals surface area contributed by atoms with Gasteiger partial charge < -0.3 is 9.84 Å². The molecule has 3 heteroatoms. The number of carbonyl (C=O) groups is 1. The van der Waals surface area contributed by atoms with Crippen molar-refractivity contribution in [1.82, 2.24) is 0 Å². The molecule has 0 unspecified atom stereocenters. The highest BCUT2D eigenvalue weighted by molar-refractivity contribution is 5.69. The summed E-state index contributed by atoms with van der Waals surface area (Å²) >= 11 is 0. The summed E-state index contributed by atoms with van der Waals surface area (Å²) in [6.45, 7) is 3.23. The summed E-state index contributed by atoms with van der Waals surface area (Å²) in [6, 6.07) is 0. The van der Waals surface area contributed by atoms with Gasteiger partial charge in [0, 0.05) is 13.0 Å². The topological polar surface area (TPSA) is 46.5 Å². The van der Waals surface area contributed by atoms with Gasteiger partial charge in [-0.1, -0.05) is 160 Å². The van der Waals surface area contributed by atoms with Crippen LogP contribution in [0.4, 0.5) is 0 Å². The van der Waals surface area contributed by atoms with Crippen molar-refractivity contribution in [3.05, 3.63) is 12.2 Å². The largest absolute Gasteiger partial charge is 0.466 e. The molecule has 39 heavy (non-hydrogen) atoms. The monoisotopic (exact) mass is 551 g/mol. The van der Waals surface area contributed by atoms with Crippen molar-refractivity contribution in [3.8, 4) is 0 Å². The fraction of sp³-hybridized carbons (Fsp3) is 0.917. The van der Waals surface area contributed by atoms with Crippen molar-refractivity contribution in [1.29, 1.82) is 0 Å². The Kier molecular flexibility index (Phi) is 34.4. The lowest BCUT2D eigenvalue weighted by molar-refractivity contribution is -0.143. The lowest BCUT2D eigenvalue weighted by atomic mass is 10.0. The molecule has 0 spiro atoms. The Morgan fingerprint density at radius 3 is 1.28 bits per heavy atom. The second kappa shape index (κ2) is 35.2. The first-order chi connectivity index (χ1) is 19.3. The van der Waals surface area contributed by atoms with Gasteiger partial charge in [0.25, 0.3) is 0 Å². The highest BCUT2D eigenvalue weighted by Gasteiger charge is 2.02. The zero-order valence-corrected chi connectivity index (χ0v) is 26.5. The zero-order chi connectivity index (χ0) is 28.3. The van der Waals surface area contributed by atoms with Crippen LogP contribution in [0.2, 0.25) is 0 Å². The molecule has 3 nitrogen and oxygen atoms in total. The van der Waals surface area contributed by atoms with E-state index >= 15 is 0 Å². The minimum Gasteiger partial charge on any atom is -0.466 e. The van der Waals surface area contributed by atoms with Gasteiger partial charge in [-0.05, 0) is 44.9 Å². The molecular weight excluding hydrogens is 480 g/mol. The van der Waals surface area contributed by atoms with Crippen molar-refractivity contribution in [2.24, 2.45) is 0 Å². The van der Waals surface area contributed by atoms with Crippen LogP contribution in [0.1, 0.15) is 200 Å². The van der Waals surface area contributed by atoms with Crippen LogP contribution >= 0.6 is 0 Å². The average Bonchev–Trinajstić information content (AvgIpc) is 2.94. The van der Waals surface area contributed by atoms with E-state index in [9.17, 15) is 4.79 Å². The lowest BCUT2D eigenvalue weighted by Crippen LogP contribution is -2.05. The number of hydrogen-bond acceptors (Lipinski definition) is 3. The summed E-state index contributed by atoms with van der Waals surface area (Å²) < 4.78 is 5.41. The Labute approximate surface area is 245 Å². The van der Waals surface area contributed by atoms with Crippen molar-refractivity contribution in [3.63, 3.8) is 0 Å². The van der Waals surface area contributed by atoms with Gasteiger partial charge in [0.15, 0.2) is 0 Å². The SMILES string of the molecule is CCCCCCCCC=CCCCCCCCCCCCCCC(=O)OCCCCCCCCCCCCO. The number of ether oxygens (including phenoxy) is 1. The molecule has 0 aromatic carbocycles. The molecule has 0 radical (unpaired) electrons. The molecule has 232 valence electrons. The summed E-state index contributed by atoms with van der Waals surface area (Å²) in [5.74, 6) is 0.00572. The van der Waals surface area contributed by atoms with Gasteiger partial charge in [-0.15, -0.1) is 0 Å². The quantitative estimate of drug-likeness (QED) is 0.0502. The maximum atomic E-state index is 11.9. The van der Waals surface area contributed by atoms with E-state index in [4.69, 9.17) is 9.84 Å². The molecule has 0 aliphatic heterocycles. The van der Waals surface area contributed by atoms with Gasteiger partial charge in [-0.25, -0.2) is 0 Å². The summed E-state index contributed by atoms with van der Waals surface area (Å²) in [7, 11) is 0. The van der Waals surface area contributed by atoms with E-state index in [-0.39, 0.29) is 5.97 Å². The average molecular weight is 551 g/mol. The Morgan fingerprint density at radius 2 is 0.846 bits per heavy atom. The molecule has 0 fully saturated rings. The first kappa shape index (κ1) is 38.2. The van der Waals surface area contributed by atoms with Crippen LogP contribution in [0.25, 0.3) is 0 Å². The third kappa shape index (κ3) is 35.1. The number of rotatable bonds is 33. The lowest BCUT2D eigenvalue weighted by Gasteiger charge is -2.06. The van der Waals surface area contributed by atoms with Crippen LogP contribution < -0.4 is 0 Å². The molecule has 0 rings (SSSR count). The summed E-state index contributed by atoms with van der Waals surface area (Å²) in [5, 5.41) is 8.77. The van der Waals surface area contributed by atoms with Crippen LogP contribution in [0.5, 0.6) is 0 Å². The molecule has 0 bridgehead atoms. The number of carbonyl (C=O) groups excluding carboxylic acids is 1. The second-order valence-corrected chi connectivity index (χ2v) is 11.9. The molecule has 1 N–H and O–H groups in total. The predicted octanol–water partition coefficient (Wildman–Crippen LogP) is 11.8. The van der Waals surface area contributed by atoms with Crippen LogP contribution in [0.3, 0.4) is 0 Å². The van der Waals surface area contributed by atoms with Gasteiger partial charge in [0.2, 0.25) is 0 Å². The number of aliphatic hydroxyl groups excluding tert-OH is 1. The molecule has 0 aromatic heterocycles. The van der Waals surface area contributed by atoms with Crippen LogP contribution in [0, 0.1) is 0 Å². The van der Waals surface area contributed by atoms with Gasteiger partial charge in [0.05, 0.1) is 6.61 Å². The highest BCUT2D eigenvalue weighted by Crippen LogP contribution is 2.14. The fourth-order valence-corrected chi connectivity index (χ4v) is 5.29. The predicted molar refractivity (Wildman–Crippen MR) is 171 cm³/mol. The molecule has 0 aromatic rings. The van der Waals surface area contributed by atoms with Crippen molar-refractivity contribution < 1.29 is 14.6 Å². The molecule has 0 saturated heterocycles. The number of esters is 1. The van der Waals surface area contributed by atoms with Crippen LogP contribution in [-0.4, -0.2) is 24.3 Å². The first-order valence-electron chi connectivity index (χ1n) is 17.7. The normalized spacial score (nSPS) is 11.5. The summed E-state index contributed by atoms with van der Waals surface area (Å²) in [5.41, 5.74) is 0. The van der Waals surface area contributed by atoms with Crippen LogP contribution in [-0.2, 0) is 9.53 Å². The number of aliphatic hydroxyl groups is 1. The smallest absolute Gasteiger partial charge is 0.305 e. The first-order valence-corrected chi connectivity index (χ1v) is 17.7. The Hall–Kier alpha value is -0.830. The van der Waals surface area contributed by atoms with E-state index in [1.165, 1.54) is 167 Å². The maximum Gasteiger partial charge on any atom is 0.305 e. The van der Waals surface area contributed by atoms with Crippen molar-refractivity contribution >= 4 is 5.97 Å². The van der Waals surface area contributed by atoms with Gasteiger partial charge in [0.1, 0.15) is 0 Å². The number of hydrogen-bond donors (Lipinski definition) is 1. The van der Waals surface area contributed by atoms with Gasteiger partial charge >= 0.3 is 5.97 Å². The van der Waals surface area contributed by atoms with E-state index < -0.39 is 0 Å². The molecule has 0 amide bonds. The van der Waals surface area contributed by atoms with Crippen molar-refractivity contribution in [2.75, 3.05) is 13.2 Å². The Balaban J connectivity index is 3.17. The minimum atomic E-state index is 0.00572. The highest BCUT2D eigenvalue weighted by atomic mass is 16.5. The van der Waals surface area contributed by atoms with Crippen molar-refractivity contribution in [2.45, 2.75) is 200 Å². The van der Waals surface area contributed by atoms with Gasteiger partial charge in [-0.2, -0.15) is 0 Å². The molecule has 0 aliphatic carbocycles. The number of unbranched alkanes of at least 4 members (excludes halogenated alkanes) is 26. The number of allylic oxidation sites excluding steroid dienone is 2. The van der Waals surface area contributed by atoms with E-state index in [2.05, 4.69) is 19.1 Å². The van der Waals surface area contributed by atoms with E-state index in [1.54, 1.807) is 0 Å². The molecule has 0 heterocycles. The molecule has 0 saturated carbocycles. The molecule has 0 aliphatic rings. The zero-order valence-electron chi connectivity index (χ0n) is 26.5. The third-order valence-corrected chi connectivity index (χ3v) is 7.96. The van der Waals surface area contributed by atoms with Crippen LogP contribution in [0.15, 0.2) is 12.2 Å². The third-order valence-electron chi connectivity index (χ3n) is 7.96. The van der Waals surface area contributed by atoms with E-state index in [1.807, 2.05) is 0 Å². The summed E-state index contributed by atoms with van der Waals surface area (Å²) in [4.78, 5) is 11.9. The van der Waals surface area contributed by atoms with Gasteiger partial charge in [-0.3, -0.25) is 4.79 Å². The summed E-state index contributed by atoms with van der Waals surface area (Å²) in [6.07, 6.45) is 42.9. The fourth-order valence-electron chi connectivity index (χ4n) is 5.29. The molecular formula is C36H70O3. The Bertz CT molecular complexity index is 488. The second-order valence-electron chi connectivity index (χ2n) is 11.9. The Morgan fingerprint density at radius 1 is 0.487 bits per heavy atom. The molecule has 0 atom stereocenters. The standard InChI is InChI=1S/C36H70O3/c1-2-3-4-5-6-7-8-9-10-11-12-13-14-15-16-17-18-21-24-27-30-33-36(38)39-35-32-29-26-23-20-19-22-25-28-31-34-37/h9-10,37H,2-8,11-35H2,1H3. The van der Waals surface area contributed by atoms with E-state index in [0.29, 0.717) is 19.6 Å². The van der Waals surface area contributed by atoms with E-state index in [0.717, 1.165) is 19.3 Å². The minimum absolute atomic E-state index is 0.00572.